The molecule has 0 aliphatic heterocycles. The highest BCUT2D eigenvalue weighted by atomic mass is 16.6. The maximum atomic E-state index is 12.8. The summed E-state index contributed by atoms with van der Waals surface area (Å²) in [7, 11) is 0. The van der Waals surface area contributed by atoms with Crippen molar-refractivity contribution in [3.8, 4) is 0 Å². The summed E-state index contributed by atoms with van der Waals surface area (Å²) < 4.78 is 16.8. The van der Waals surface area contributed by atoms with Gasteiger partial charge in [-0.15, -0.1) is 0 Å². The number of hydrogen-bond acceptors (Lipinski definition) is 6. The van der Waals surface area contributed by atoms with Crippen molar-refractivity contribution >= 4 is 17.9 Å². The Bertz CT molecular complexity index is 1550. The van der Waals surface area contributed by atoms with Gasteiger partial charge in [0.25, 0.3) is 0 Å². The van der Waals surface area contributed by atoms with Crippen LogP contribution in [0.5, 0.6) is 0 Å². The average Bonchev–Trinajstić information content (AvgIpc) is 3.37. The zero-order valence-electron chi connectivity index (χ0n) is 45.7. The van der Waals surface area contributed by atoms with Crippen LogP contribution >= 0.6 is 0 Å². The molecule has 0 aromatic rings. The molecule has 0 N–H and O–H groups in total. The third-order valence-electron chi connectivity index (χ3n) is 11.6. The fourth-order valence-corrected chi connectivity index (χ4v) is 7.37. The Balaban J connectivity index is 4.50. The van der Waals surface area contributed by atoms with Gasteiger partial charge in [-0.1, -0.05) is 219 Å². The summed E-state index contributed by atoms with van der Waals surface area (Å²) in [5.41, 5.74) is 0. The van der Waals surface area contributed by atoms with Crippen LogP contribution in [0.15, 0.2) is 134 Å². The molecular weight excluding hydrogens is 877 g/mol. The first-order chi connectivity index (χ1) is 35.0. The Morgan fingerprint density at radius 1 is 0.296 bits per heavy atom. The number of unbranched alkanes of at least 4 members (excludes halogenated alkanes) is 17. The Hall–Kier alpha value is -4.45. The largest absolute Gasteiger partial charge is 0.462 e. The van der Waals surface area contributed by atoms with E-state index >= 15 is 0 Å². The SMILES string of the molecule is CC/C=C\C/C=C\C/C=C\C/C=C\C/C=C\C/C=C\CCCCCCC(=O)OCC(COC(=O)CCCCCCC/C=C\CCCCCCCC)OC(=O)CCCC/C=C\C/C=C\C/C=C\C/C=C\CC. The van der Waals surface area contributed by atoms with Crippen molar-refractivity contribution in [2.24, 2.45) is 0 Å². The van der Waals surface area contributed by atoms with Gasteiger partial charge in [-0.2, -0.15) is 0 Å². The molecule has 0 saturated carbocycles. The first kappa shape index (κ1) is 66.6. The van der Waals surface area contributed by atoms with Gasteiger partial charge >= 0.3 is 17.9 Å². The molecule has 0 amide bonds. The maximum Gasteiger partial charge on any atom is 0.306 e. The van der Waals surface area contributed by atoms with Crippen molar-refractivity contribution in [1.29, 1.82) is 0 Å². The lowest BCUT2D eigenvalue weighted by molar-refractivity contribution is -0.167. The molecular formula is C65H104O6. The second kappa shape index (κ2) is 58.1. The second-order valence-electron chi connectivity index (χ2n) is 18.4. The molecule has 400 valence electrons. The predicted molar refractivity (Wildman–Crippen MR) is 306 cm³/mol. The number of carbonyl (C=O) groups excluding carboxylic acids is 3. The Morgan fingerprint density at radius 2 is 0.549 bits per heavy atom. The van der Waals surface area contributed by atoms with E-state index in [-0.39, 0.29) is 37.5 Å². The van der Waals surface area contributed by atoms with Crippen molar-refractivity contribution in [1.82, 2.24) is 0 Å². The number of esters is 3. The Morgan fingerprint density at radius 3 is 0.901 bits per heavy atom. The lowest BCUT2D eigenvalue weighted by Crippen LogP contribution is -2.30. The molecule has 0 heterocycles. The summed E-state index contributed by atoms with van der Waals surface area (Å²) in [6.45, 7) is 6.33. The van der Waals surface area contributed by atoms with Gasteiger partial charge in [0.05, 0.1) is 0 Å². The van der Waals surface area contributed by atoms with Crippen LogP contribution < -0.4 is 0 Å². The molecule has 0 aromatic carbocycles. The minimum atomic E-state index is -0.819. The molecule has 0 aromatic heterocycles. The molecule has 0 rings (SSSR count). The van der Waals surface area contributed by atoms with Gasteiger partial charge in [-0.3, -0.25) is 14.4 Å². The molecule has 6 nitrogen and oxygen atoms in total. The maximum absolute atomic E-state index is 12.8. The van der Waals surface area contributed by atoms with Crippen molar-refractivity contribution in [2.75, 3.05) is 13.2 Å². The Kier molecular flexibility index (Phi) is 54.5. The summed E-state index contributed by atoms with van der Waals surface area (Å²) in [5, 5.41) is 0. The lowest BCUT2D eigenvalue weighted by Gasteiger charge is -2.18. The van der Waals surface area contributed by atoms with Crippen molar-refractivity contribution in [2.45, 2.75) is 245 Å². The van der Waals surface area contributed by atoms with E-state index < -0.39 is 6.10 Å². The fourth-order valence-electron chi connectivity index (χ4n) is 7.37. The number of allylic oxidation sites excluding steroid dienone is 22. The topological polar surface area (TPSA) is 78.9 Å². The molecule has 0 radical (unpaired) electrons. The molecule has 0 aliphatic rings. The van der Waals surface area contributed by atoms with E-state index in [9.17, 15) is 14.4 Å². The molecule has 6 heteroatoms. The first-order valence-electron chi connectivity index (χ1n) is 28.7. The van der Waals surface area contributed by atoms with Crippen LogP contribution in [0.4, 0.5) is 0 Å². The minimum Gasteiger partial charge on any atom is -0.462 e. The van der Waals surface area contributed by atoms with Gasteiger partial charge in [0.2, 0.25) is 0 Å². The van der Waals surface area contributed by atoms with Crippen LogP contribution in [0.2, 0.25) is 0 Å². The van der Waals surface area contributed by atoms with Gasteiger partial charge < -0.3 is 14.2 Å². The number of carbonyl (C=O) groups is 3. The highest BCUT2D eigenvalue weighted by molar-refractivity contribution is 5.71. The normalized spacial score (nSPS) is 13.1. The van der Waals surface area contributed by atoms with E-state index in [2.05, 4.69) is 154 Å². The standard InChI is InChI=1S/C65H104O6/c1-4-7-10-13-16-19-22-25-28-29-30-31-32-33-34-35-38-40-43-46-49-52-55-58-64(67)70-61-62(71-65(68)59-56-53-50-47-44-41-37-27-24-21-18-15-12-9-6-3)60-69-63(66)57-54-51-48-45-42-39-36-26-23-20-17-14-11-8-5-2/h7,9-10,12,16,18-19,21,25-28,30-31,33-34,36-38,40,44,47,62H,4-6,8,11,13-15,17,20,22-24,29,32,35,39,41-43,45-46,48-61H2,1-3H3/b10-7-,12-9-,19-16-,21-18-,28-25-,31-30-,34-33-,36-26-,37-27-,40-38-,47-44-. The van der Waals surface area contributed by atoms with Gasteiger partial charge in [0.1, 0.15) is 13.2 Å². The van der Waals surface area contributed by atoms with Crippen LogP contribution in [0.3, 0.4) is 0 Å². The summed E-state index contributed by atoms with van der Waals surface area (Å²) in [5.74, 6) is -0.992. The zero-order chi connectivity index (χ0) is 51.4. The molecule has 0 aliphatic carbocycles. The fraction of sp³-hybridized carbons (Fsp3) is 0.615. The van der Waals surface area contributed by atoms with Gasteiger partial charge in [0, 0.05) is 19.3 Å². The third-order valence-corrected chi connectivity index (χ3v) is 11.6. The summed E-state index contributed by atoms with van der Waals surface area (Å²) >= 11 is 0. The van der Waals surface area contributed by atoms with Crippen LogP contribution in [0.25, 0.3) is 0 Å². The van der Waals surface area contributed by atoms with Crippen LogP contribution in [0.1, 0.15) is 239 Å². The molecule has 0 saturated heterocycles. The molecule has 1 atom stereocenters. The lowest BCUT2D eigenvalue weighted by atomic mass is 10.1. The molecule has 0 fully saturated rings. The van der Waals surface area contributed by atoms with E-state index in [4.69, 9.17) is 14.2 Å². The summed E-state index contributed by atoms with van der Waals surface area (Å²) in [6, 6.07) is 0. The average molecular weight is 982 g/mol. The van der Waals surface area contributed by atoms with Gasteiger partial charge in [0.15, 0.2) is 6.10 Å². The second-order valence-corrected chi connectivity index (χ2v) is 18.4. The number of ether oxygens (including phenoxy) is 3. The van der Waals surface area contributed by atoms with E-state index in [1.165, 1.54) is 51.4 Å². The van der Waals surface area contributed by atoms with Crippen molar-refractivity contribution < 1.29 is 28.6 Å². The molecule has 1 unspecified atom stereocenters. The van der Waals surface area contributed by atoms with Gasteiger partial charge in [-0.05, 0) is 135 Å². The Labute approximate surface area is 436 Å². The first-order valence-corrected chi connectivity index (χ1v) is 28.7. The highest BCUT2D eigenvalue weighted by Crippen LogP contribution is 2.13. The minimum absolute atomic E-state index is 0.112. The number of rotatable bonds is 50. The highest BCUT2D eigenvalue weighted by Gasteiger charge is 2.19. The monoisotopic (exact) mass is 981 g/mol. The summed E-state index contributed by atoms with van der Waals surface area (Å²) in [4.78, 5) is 38.1. The molecule has 0 bridgehead atoms. The summed E-state index contributed by atoms with van der Waals surface area (Å²) in [6.07, 6.45) is 81.6. The quantitative estimate of drug-likeness (QED) is 0.0262. The van der Waals surface area contributed by atoms with Crippen LogP contribution in [-0.2, 0) is 28.6 Å². The van der Waals surface area contributed by atoms with Crippen molar-refractivity contribution in [3.63, 3.8) is 0 Å². The zero-order valence-corrected chi connectivity index (χ0v) is 45.7. The third kappa shape index (κ3) is 56.3. The predicted octanol–water partition coefficient (Wildman–Crippen LogP) is 19.4. The van der Waals surface area contributed by atoms with Crippen LogP contribution in [-0.4, -0.2) is 37.2 Å². The van der Waals surface area contributed by atoms with Crippen molar-refractivity contribution in [3.05, 3.63) is 134 Å². The molecule has 0 spiro atoms. The van der Waals surface area contributed by atoms with Crippen LogP contribution in [0, 0.1) is 0 Å². The van der Waals surface area contributed by atoms with E-state index in [1.54, 1.807) is 0 Å². The van der Waals surface area contributed by atoms with E-state index in [1.807, 2.05) is 0 Å². The number of hydrogen-bond donors (Lipinski definition) is 0. The van der Waals surface area contributed by atoms with E-state index in [0.717, 1.165) is 141 Å². The molecule has 71 heavy (non-hydrogen) atoms. The smallest absolute Gasteiger partial charge is 0.306 e. The van der Waals surface area contributed by atoms with E-state index in [0.29, 0.717) is 19.3 Å². The van der Waals surface area contributed by atoms with Gasteiger partial charge in [-0.25, -0.2) is 0 Å².